The van der Waals surface area contributed by atoms with E-state index >= 15 is 0 Å². The molecular weight excluding hydrogens is 224 g/mol. The van der Waals surface area contributed by atoms with Crippen LogP contribution in [0.3, 0.4) is 0 Å². The molecular formula is C15H16N2O. The fourth-order valence-electron chi connectivity index (χ4n) is 1.70. The van der Waals surface area contributed by atoms with Gasteiger partial charge in [-0.1, -0.05) is 35.9 Å². The third kappa shape index (κ3) is 3.10. The Morgan fingerprint density at radius 3 is 2.50 bits per heavy atom. The maximum absolute atomic E-state index is 11.4. The molecule has 3 heteroatoms. The first-order chi connectivity index (χ1) is 8.65. The van der Waals surface area contributed by atoms with Crippen molar-refractivity contribution in [3.63, 3.8) is 0 Å². The molecule has 2 N–H and O–H groups in total. The van der Waals surface area contributed by atoms with Crippen LogP contribution in [0.5, 0.6) is 0 Å². The Hall–Kier alpha value is -2.29. The lowest BCUT2D eigenvalue weighted by molar-refractivity contribution is -0.116. The van der Waals surface area contributed by atoms with Gasteiger partial charge in [0, 0.05) is 6.08 Å². The number of hydrogen-bond acceptors (Lipinski definition) is 2. The van der Waals surface area contributed by atoms with Crippen LogP contribution >= 0.6 is 0 Å². The van der Waals surface area contributed by atoms with E-state index in [1.807, 2.05) is 50.2 Å². The fourth-order valence-corrected chi connectivity index (χ4v) is 1.70. The summed E-state index contributed by atoms with van der Waals surface area (Å²) >= 11 is 0. The third-order valence-electron chi connectivity index (χ3n) is 2.50. The van der Waals surface area contributed by atoms with E-state index in [1.165, 1.54) is 5.39 Å². The maximum atomic E-state index is 11.4. The second-order valence-electron chi connectivity index (χ2n) is 4.40. The zero-order chi connectivity index (χ0) is 13.0. The summed E-state index contributed by atoms with van der Waals surface area (Å²) in [6.07, 6.45) is 1.55. The summed E-state index contributed by atoms with van der Waals surface area (Å²) in [7, 11) is 0. The van der Waals surface area contributed by atoms with Crippen LogP contribution in [0.2, 0.25) is 0 Å². The van der Waals surface area contributed by atoms with Gasteiger partial charge in [-0.2, -0.15) is 0 Å². The highest BCUT2D eigenvalue weighted by atomic mass is 16.2. The number of carbonyl (C=O) groups excluding carboxylic acids is 1. The van der Waals surface area contributed by atoms with Gasteiger partial charge in [-0.3, -0.25) is 15.6 Å². The molecule has 0 aromatic heterocycles. The van der Waals surface area contributed by atoms with E-state index in [0.717, 1.165) is 16.6 Å². The number of benzene rings is 2. The first-order valence-electron chi connectivity index (χ1n) is 5.85. The average Bonchev–Trinajstić information content (AvgIpc) is 2.35. The highest BCUT2D eigenvalue weighted by Gasteiger charge is 1.97. The van der Waals surface area contributed by atoms with Gasteiger partial charge in [0.1, 0.15) is 0 Å². The molecule has 0 unspecified atom stereocenters. The monoisotopic (exact) mass is 240 g/mol. The summed E-state index contributed by atoms with van der Waals surface area (Å²) < 4.78 is 0. The number of carbonyl (C=O) groups is 1. The van der Waals surface area contributed by atoms with Crippen molar-refractivity contribution in [3.05, 3.63) is 54.1 Å². The minimum atomic E-state index is -0.150. The van der Waals surface area contributed by atoms with Gasteiger partial charge in [0.2, 0.25) is 0 Å². The van der Waals surface area contributed by atoms with Gasteiger partial charge < -0.3 is 0 Å². The number of amides is 1. The maximum Gasteiger partial charge on any atom is 0.262 e. The number of nitrogens with one attached hydrogen (secondary N) is 2. The van der Waals surface area contributed by atoms with Crippen LogP contribution in [0.15, 0.2) is 54.1 Å². The standard InChI is InChI=1S/C15H16N2O/c1-11(2)9-15(18)17-16-14-8-7-12-5-3-4-6-13(12)10-14/h3-10,16H,1-2H3,(H,17,18). The zero-order valence-corrected chi connectivity index (χ0v) is 10.5. The van der Waals surface area contributed by atoms with Crippen LogP contribution in [0.1, 0.15) is 13.8 Å². The van der Waals surface area contributed by atoms with Crippen LogP contribution in [-0.4, -0.2) is 5.91 Å². The SMILES string of the molecule is CC(C)=CC(=O)NNc1ccc2ccccc2c1. The lowest BCUT2D eigenvalue weighted by Crippen LogP contribution is -2.27. The number of hydrogen-bond donors (Lipinski definition) is 2. The molecule has 0 saturated carbocycles. The predicted molar refractivity (Wildman–Crippen MR) is 75.1 cm³/mol. The molecule has 0 aliphatic carbocycles. The molecule has 0 heterocycles. The number of anilines is 1. The first kappa shape index (κ1) is 12.2. The Bertz CT molecular complexity index is 598. The molecule has 0 aliphatic heterocycles. The van der Waals surface area contributed by atoms with E-state index in [-0.39, 0.29) is 5.91 Å². The van der Waals surface area contributed by atoms with Crippen LogP contribution in [-0.2, 0) is 4.79 Å². The molecule has 2 aromatic carbocycles. The van der Waals surface area contributed by atoms with Gasteiger partial charge in [0.25, 0.3) is 5.91 Å². The topological polar surface area (TPSA) is 41.1 Å². The van der Waals surface area contributed by atoms with Gasteiger partial charge in [-0.25, -0.2) is 0 Å². The second-order valence-corrected chi connectivity index (χ2v) is 4.40. The van der Waals surface area contributed by atoms with Gasteiger partial charge in [0.05, 0.1) is 5.69 Å². The summed E-state index contributed by atoms with van der Waals surface area (Å²) in [6, 6.07) is 14.0. The van der Waals surface area contributed by atoms with Gasteiger partial charge in [0.15, 0.2) is 0 Å². The third-order valence-corrected chi connectivity index (χ3v) is 2.50. The molecule has 0 atom stereocenters. The highest BCUT2D eigenvalue weighted by molar-refractivity contribution is 5.90. The van der Waals surface area contributed by atoms with Crippen molar-refractivity contribution in [2.75, 3.05) is 5.43 Å². The number of hydrazine groups is 1. The van der Waals surface area contributed by atoms with Crippen LogP contribution in [0.4, 0.5) is 5.69 Å². The van der Waals surface area contributed by atoms with Crippen molar-refractivity contribution >= 4 is 22.4 Å². The average molecular weight is 240 g/mol. The van der Waals surface area contributed by atoms with Crippen LogP contribution in [0, 0.1) is 0 Å². The van der Waals surface area contributed by atoms with Crippen molar-refractivity contribution in [2.45, 2.75) is 13.8 Å². The van der Waals surface area contributed by atoms with Crippen molar-refractivity contribution in [1.29, 1.82) is 0 Å². The molecule has 2 rings (SSSR count). The molecule has 0 aliphatic rings. The largest absolute Gasteiger partial charge is 0.298 e. The van der Waals surface area contributed by atoms with E-state index in [0.29, 0.717) is 0 Å². The highest BCUT2D eigenvalue weighted by Crippen LogP contribution is 2.18. The lowest BCUT2D eigenvalue weighted by atomic mass is 10.1. The van der Waals surface area contributed by atoms with Gasteiger partial charge >= 0.3 is 0 Å². The van der Waals surface area contributed by atoms with E-state index < -0.39 is 0 Å². The zero-order valence-electron chi connectivity index (χ0n) is 10.5. The fraction of sp³-hybridized carbons (Fsp3) is 0.133. The Labute approximate surface area is 106 Å². The summed E-state index contributed by atoms with van der Waals surface area (Å²) in [5.41, 5.74) is 7.36. The van der Waals surface area contributed by atoms with Crippen LogP contribution < -0.4 is 10.9 Å². The molecule has 2 aromatic rings. The molecule has 0 spiro atoms. The predicted octanol–water partition coefficient (Wildman–Crippen LogP) is 3.25. The minimum Gasteiger partial charge on any atom is -0.298 e. The first-order valence-corrected chi connectivity index (χ1v) is 5.85. The quantitative estimate of drug-likeness (QED) is 0.638. The molecule has 1 amide bonds. The van der Waals surface area contributed by atoms with E-state index in [2.05, 4.69) is 16.9 Å². The Morgan fingerprint density at radius 2 is 1.78 bits per heavy atom. The summed E-state index contributed by atoms with van der Waals surface area (Å²) in [5.74, 6) is -0.150. The van der Waals surface area contributed by atoms with Gasteiger partial charge in [-0.05, 0) is 36.8 Å². The Balaban J connectivity index is 2.08. The summed E-state index contributed by atoms with van der Waals surface area (Å²) in [4.78, 5) is 11.4. The molecule has 18 heavy (non-hydrogen) atoms. The van der Waals surface area contributed by atoms with Crippen molar-refractivity contribution in [3.8, 4) is 0 Å². The van der Waals surface area contributed by atoms with Gasteiger partial charge in [-0.15, -0.1) is 0 Å². The molecule has 3 nitrogen and oxygen atoms in total. The summed E-state index contributed by atoms with van der Waals surface area (Å²) in [6.45, 7) is 3.77. The second kappa shape index (κ2) is 5.36. The van der Waals surface area contributed by atoms with Crippen molar-refractivity contribution < 1.29 is 4.79 Å². The van der Waals surface area contributed by atoms with E-state index in [9.17, 15) is 4.79 Å². The minimum absolute atomic E-state index is 0.150. The van der Waals surface area contributed by atoms with Crippen LogP contribution in [0.25, 0.3) is 10.8 Å². The van der Waals surface area contributed by atoms with E-state index in [1.54, 1.807) is 6.08 Å². The smallest absolute Gasteiger partial charge is 0.262 e. The molecule has 0 bridgehead atoms. The Morgan fingerprint density at radius 1 is 1.06 bits per heavy atom. The molecule has 0 radical (unpaired) electrons. The molecule has 92 valence electrons. The summed E-state index contributed by atoms with van der Waals surface area (Å²) in [5, 5.41) is 2.32. The Kier molecular flexibility index (Phi) is 3.63. The van der Waals surface area contributed by atoms with Crippen molar-refractivity contribution in [1.82, 2.24) is 5.43 Å². The normalized spacial score (nSPS) is 9.89. The lowest BCUT2D eigenvalue weighted by Gasteiger charge is -2.07. The number of allylic oxidation sites excluding steroid dienone is 1. The number of fused-ring (bicyclic) bond motifs is 1. The van der Waals surface area contributed by atoms with E-state index in [4.69, 9.17) is 0 Å². The molecule has 0 fully saturated rings. The van der Waals surface area contributed by atoms with Crippen molar-refractivity contribution in [2.24, 2.45) is 0 Å². The molecule has 0 saturated heterocycles. The number of rotatable bonds is 3.